The fraction of sp³-hybridized carbons (Fsp3) is 0.308. The van der Waals surface area contributed by atoms with Gasteiger partial charge in [-0.25, -0.2) is 0 Å². The second kappa shape index (κ2) is 9.51. The third kappa shape index (κ3) is 4.92. The molecule has 29 heavy (non-hydrogen) atoms. The summed E-state index contributed by atoms with van der Waals surface area (Å²) in [6.07, 6.45) is 6.44. The molecule has 3 aromatic rings. The zero-order chi connectivity index (χ0) is 19.9. The zero-order valence-electron chi connectivity index (χ0n) is 16.8. The van der Waals surface area contributed by atoms with Crippen molar-refractivity contribution in [2.24, 2.45) is 5.92 Å². The third-order valence-corrected chi connectivity index (χ3v) is 5.89. The van der Waals surface area contributed by atoms with Crippen LogP contribution in [0.15, 0.2) is 85.1 Å². The monoisotopic (exact) mass is 384 g/mol. The van der Waals surface area contributed by atoms with Crippen LogP contribution in [0.25, 0.3) is 0 Å². The van der Waals surface area contributed by atoms with Crippen molar-refractivity contribution >= 4 is 5.91 Å². The lowest BCUT2D eigenvalue weighted by Gasteiger charge is -2.30. The molecule has 1 atom stereocenters. The van der Waals surface area contributed by atoms with Crippen LogP contribution in [0, 0.1) is 5.92 Å². The summed E-state index contributed by atoms with van der Waals surface area (Å²) < 4.78 is 0. The molecule has 0 aliphatic heterocycles. The van der Waals surface area contributed by atoms with Gasteiger partial charge in [0.1, 0.15) is 0 Å². The molecule has 1 heterocycles. The van der Waals surface area contributed by atoms with Crippen LogP contribution in [-0.2, 0) is 17.9 Å². The Balaban J connectivity index is 1.65. The van der Waals surface area contributed by atoms with Crippen molar-refractivity contribution < 1.29 is 4.79 Å². The van der Waals surface area contributed by atoms with Crippen LogP contribution in [0.2, 0.25) is 0 Å². The predicted octanol–water partition coefficient (Wildman–Crippen LogP) is 5.58. The molecular formula is C26H28N2O. The smallest absolute Gasteiger partial charge is 0.232 e. The normalized spacial score (nSPS) is 15.2. The second-order valence-corrected chi connectivity index (χ2v) is 7.94. The number of carbonyl (C=O) groups excluding carboxylic acids is 1. The zero-order valence-corrected chi connectivity index (χ0v) is 16.8. The Labute approximate surface area is 173 Å². The van der Waals surface area contributed by atoms with Crippen molar-refractivity contribution in [3.63, 3.8) is 0 Å². The molecule has 0 radical (unpaired) electrons. The van der Waals surface area contributed by atoms with E-state index in [9.17, 15) is 4.79 Å². The highest BCUT2D eigenvalue weighted by atomic mass is 16.2. The quantitative estimate of drug-likeness (QED) is 0.532. The van der Waals surface area contributed by atoms with Gasteiger partial charge in [0.05, 0.1) is 11.6 Å². The van der Waals surface area contributed by atoms with Gasteiger partial charge in [0, 0.05) is 19.3 Å². The minimum atomic E-state index is -0.161. The van der Waals surface area contributed by atoms with Gasteiger partial charge in [0.2, 0.25) is 5.91 Å². The molecule has 148 valence electrons. The maximum Gasteiger partial charge on any atom is 0.232 e. The van der Waals surface area contributed by atoms with E-state index < -0.39 is 0 Å². The lowest BCUT2D eigenvalue weighted by Crippen LogP contribution is -2.37. The first kappa shape index (κ1) is 19.4. The van der Waals surface area contributed by atoms with Crippen LogP contribution >= 0.6 is 0 Å². The van der Waals surface area contributed by atoms with E-state index in [1.807, 2.05) is 65.7 Å². The molecule has 1 fully saturated rings. The Bertz CT molecular complexity index is 848. The first-order chi connectivity index (χ1) is 14.3. The summed E-state index contributed by atoms with van der Waals surface area (Å²) in [5, 5.41) is 0. The van der Waals surface area contributed by atoms with Crippen molar-refractivity contribution in [1.29, 1.82) is 0 Å². The molecule has 3 heteroatoms. The first-order valence-corrected chi connectivity index (χ1v) is 10.6. The van der Waals surface area contributed by atoms with Gasteiger partial charge in [-0.3, -0.25) is 9.78 Å². The summed E-state index contributed by atoms with van der Waals surface area (Å²) in [6, 6.07) is 26.5. The number of hydrogen-bond donors (Lipinski definition) is 0. The molecule has 0 saturated heterocycles. The molecular weight excluding hydrogens is 356 g/mol. The lowest BCUT2D eigenvalue weighted by atomic mass is 9.86. The van der Waals surface area contributed by atoms with Crippen LogP contribution in [0.5, 0.6) is 0 Å². The van der Waals surface area contributed by atoms with E-state index in [-0.39, 0.29) is 11.8 Å². The Kier molecular flexibility index (Phi) is 6.35. The molecule has 1 aromatic heterocycles. The van der Waals surface area contributed by atoms with Crippen molar-refractivity contribution in [1.82, 2.24) is 9.88 Å². The molecule has 3 nitrogen and oxygen atoms in total. The summed E-state index contributed by atoms with van der Waals surface area (Å²) in [6.45, 7) is 1.23. The van der Waals surface area contributed by atoms with Gasteiger partial charge in [-0.1, -0.05) is 79.6 Å². The summed E-state index contributed by atoms with van der Waals surface area (Å²) in [5.74, 6) is 0.417. The minimum Gasteiger partial charge on any atom is -0.333 e. The molecule has 0 spiro atoms. The maximum atomic E-state index is 13.9. The van der Waals surface area contributed by atoms with Gasteiger partial charge in [-0.05, 0) is 42.0 Å². The van der Waals surface area contributed by atoms with Gasteiger partial charge in [-0.2, -0.15) is 0 Å². The van der Waals surface area contributed by atoms with Gasteiger partial charge in [0.15, 0.2) is 0 Å². The van der Waals surface area contributed by atoms with E-state index in [0.717, 1.165) is 29.7 Å². The van der Waals surface area contributed by atoms with Crippen molar-refractivity contribution in [3.05, 3.63) is 102 Å². The second-order valence-electron chi connectivity index (χ2n) is 7.94. The summed E-state index contributed by atoms with van der Waals surface area (Å²) in [7, 11) is 0. The lowest BCUT2D eigenvalue weighted by molar-refractivity contribution is -0.135. The first-order valence-electron chi connectivity index (χ1n) is 10.6. The average molecular weight is 385 g/mol. The number of benzene rings is 2. The highest BCUT2D eigenvalue weighted by Gasteiger charge is 2.35. The molecule has 2 aromatic carbocycles. The highest BCUT2D eigenvalue weighted by Crippen LogP contribution is 2.38. The molecule has 0 bridgehead atoms. The standard InChI is InChI=1S/C26H28N2O/c29-26(25(23-15-7-8-16-23)24-17-9-10-18-27-24)28(19-21-11-3-1-4-12-21)20-22-13-5-2-6-14-22/h1-6,9-14,17-18,23,25H,7-8,15-16,19-20H2. The van der Waals surface area contributed by atoms with E-state index in [1.54, 1.807) is 0 Å². The average Bonchev–Trinajstić information content (AvgIpc) is 3.30. The fourth-order valence-corrected chi connectivity index (χ4v) is 4.44. The van der Waals surface area contributed by atoms with Gasteiger partial charge in [-0.15, -0.1) is 0 Å². The minimum absolute atomic E-state index is 0.161. The molecule has 0 N–H and O–H groups in total. The summed E-state index contributed by atoms with van der Waals surface area (Å²) in [5.41, 5.74) is 3.22. The van der Waals surface area contributed by atoms with E-state index in [1.165, 1.54) is 12.8 Å². The summed E-state index contributed by atoms with van der Waals surface area (Å²) in [4.78, 5) is 20.5. The molecule has 1 unspecified atom stereocenters. The van der Waals surface area contributed by atoms with Crippen LogP contribution < -0.4 is 0 Å². The van der Waals surface area contributed by atoms with Gasteiger partial charge in [0.25, 0.3) is 0 Å². The van der Waals surface area contributed by atoms with Crippen molar-refractivity contribution in [2.75, 3.05) is 0 Å². The number of pyridine rings is 1. The number of amides is 1. The Morgan fingerprint density at radius 3 is 1.90 bits per heavy atom. The fourth-order valence-electron chi connectivity index (χ4n) is 4.44. The van der Waals surface area contributed by atoms with E-state index in [2.05, 4.69) is 29.2 Å². The third-order valence-electron chi connectivity index (χ3n) is 5.89. The Hall–Kier alpha value is -2.94. The van der Waals surface area contributed by atoms with Crippen molar-refractivity contribution in [2.45, 2.75) is 44.7 Å². The number of carbonyl (C=O) groups is 1. The number of rotatable bonds is 7. The number of nitrogens with zero attached hydrogens (tertiary/aromatic N) is 2. The SMILES string of the molecule is O=C(C(c1ccccn1)C1CCCC1)N(Cc1ccccc1)Cc1ccccc1. The maximum absolute atomic E-state index is 13.9. The number of hydrogen-bond acceptors (Lipinski definition) is 2. The highest BCUT2D eigenvalue weighted by molar-refractivity contribution is 5.83. The van der Waals surface area contributed by atoms with Crippen LogP contribution in [0.3, 0.4) is 0 Å². The van der Waals surface area contributed by atoms with E-state index in [0.29, 0.717) is 19.0 Å². The summed E-state index contributed by atoms with van der Waals surface area (Å²) >= 11 is 0. The Morgan fingerprint density at radius 2 is 1.38 bits per heavy atom. The van der Waals surface area contributed by atoms with E-state index in [4.69, 9.17) is 0 Å². The van der Waals surface area contributed by atoms with Crippen LogP contribution in [0.4, 0.5) is 0 Å². The predicted molar refractivity (Wildman–Crippen MR) is 116 cm³/mol. The molecule has 1 aliphatic rings. The van der Waals surface area contributed by atoms with Crippen LogP contribution in [0.1, 0.15) is 48.4 Å². The molecule has 1 aliphatic carbocycles. The molecule has 4 rings (SSSR count). The van der Waals surface area contributed by atoms with Crippen molar-refractivity contribution in [3.8, 4) is 0 Å². The van der Waals surface area contributed by atoms with E-state index >= 15 is 0 Å². The number of aromatic nitrogens is 1. The molecule has 1 amide bonds. The topological polar surface area (TPSA) is 33.2 Å². The Morgan fingerprint density at radius 1 is 0.828 bits per heavy atom. The van der Waals surface area contributed by atoms with Gasteiger partial charge >= 0.3 is 0 Å². The van der Waals surface area contributed by atoms with Gasteiger partial charge < -0.3 is 4.90 Å². The molecule has 1 saturated carbocycles. The largest absolute Gasteiger partial charge is 0.333 e. The van der Waals surface area contributed by atoms with Crippen LogP contribution in [-0.4, -0.2) is 15.8 Å².